The second-order valence-corrected chi connectivity index (χ2v) is 7.18. The van der Waals surface area contributed by atoms with E-state index in [2.05, 4.69) is 25.3 Å². The smallest absolute Gasteiger partial charge is 0.550 e. The number of aromatic nitrogens is 4. The fourth-order valence-electron chi connectivity index (χ4n) is 3.02. The van der Waals surface area contributed by atoms with Crippen molar-refractivity contribution >= 4 is 46.5 Å². The molecule has 172 valence electrons. The standard InChI is InChI=1S/C20H22N8O5.Na/c1-28(9-11-8-23-17-15(24-11)16(21)26-20(22)27-17)12-4-2-10(3-5-12)18(31)25-13(19(32)33)6-7-14(29)30;/h2-5,8,13H,6-7,9H2,1H3,(H,25,31)(H,29,30)(H,32,33)(H4,21,22,23,26,27);/q;+1/p-1. The topological polar surface area (TPSA) is 213 Å². The number of carbonyl (C=O) groups is 3. The van der Waals surface area contributed by atoms with Gasteiger partial charge in [0.15, 0.2) is 17.0 Å². The van der Waals surface area contributed by atoms with E-state index in [9.17, 15) is 19.5 Å². The number of nitrogens with zero attached hydrogens (tertiary/aromatic N) is 5. The summed E-state index contributed by atoms with van der Waals surface area (Å²) in [4.78, 5) is 52.5. The van der Waals surface area contributed by atoms with Gasteiger partial charge in [0, 0.05) is 24.3 Å². The molecule has 0 aliphatic carbocycles. The largest absolute Gasteiger partial charge is 1.00 e. The van der Waals surface area contributed by atoms with Crippen molar-refractivity contribution in [1.29, 1.82) is 0 Å². The number of amides is 1. The molecule has 1 amide bonds. The van der Waals surface area contributed by atoms with Gasteiger partial charge in [-0.15, -0.1) is 0 Å². The third-order valence-corrected chi connectivity index (χ3v) is 4.71. The number of hydrogen-bond donors (Lipinski definition) is 4. The van der Waals surface area contributed by atoms with E-state index in [4.69, 9.17) is 16.6 Å². The van der Waals surface area contributed by atoms with Gasteiger partial charge < -0.3 is 36.7 Å². The quantitative estimate of drug-likeness (QED) is 0.217. The van der Waals surface area contributed by atoms with Gasteiger partial charge in [-0.05, 0) is 37.1 Å². The summed E-state index contributed by atoms with van der Waals surface area (Å²) in [5.41, 5.74) is 13.6. The molecule has 2 aromatic heterocycles. The van der Waals surface area contributed by atoms with Crippen LogP contribution in [0.1, 0.15) is 28.9 Å². The number of benzene rings is 1. The Morgan fingerprint density at radius 2 is 1.82 bits per heavy atom. The summed E-state index contributed by atoms with van der Waals surface area (Å²) >= 11 is 0. The van der Waals surface area contributed by atoms with Crippen molar-refractivity contribution in [2.24, 2.45) is 0 Å². The van der Waals surface area contributed by atoms with Crippen LogP contribution in [0.25, 0.3) is 11.2 Å². The predicted molar refractivity (Wildman–Crippen MR) is 116 cm³/mol. The van der Waals surface area contributed by atoms with Crippen LogP contribution in [0.2, 0.25) is 0 Å². The van der Waals surface area contributed by atoms with Gasteiger partial charge in [-0.1, -0.05) is 0 Å². The summed E-state index contributed by atoms with van der Waals surface area (Å²) < 4.78 is 0. The monoisotopic (exact) mass is 476 g/mol. The first-order chi connectivity index (χ1) is 15.6. The molecule has 0 aliphatic heterocycles. The Labute approximate surface area is 215 Å². The van der Waals surface area contributed by atoms with E-state index < -0.39 is 30.3 Å². The number of carboxylic acids is 2. The van der Waals surface area contributed by atoms with E-state index in [1.165, 1.54) is 12.1 Å². The van der Waals surface area contributed by atoms with Crippen LogP contribution >= 0.6 is 0 Å². The van der Waals surface area contributed by atoms with Crippen molar-refractivity contribution in [1.82, 2.24) is 25.3 Å². The summed E-state index contributed by atoms with van der Waals surface area (Å²) in [5, 5.41) is 22.0. The summed E-state index contributed by atoms with van der Waals surface area (Å²) in [5.74, 6) is -3.21. The molecule has 0 radical (unpaired) electrons. The van der Waals surface area contributed by atoms with E-state index in [-0.39, 0.29) is 53.3 Å². The van der Waals surface area contributed by atoms with Gasteiger partial charge in [0.05, 0.1) is 18.4 Å². The van der Waals surface area contributed by atoms with Gasteiger partial charge in [-0.2, -0.15) is 9.97 Å². The Hall–Kier alpha value is -3.55. The number of nitrogen functional groups attached to an aromatic ring is 2. The number of nitrogens with two attached hydrogens (primary N) is 2. The number of hydrogen-bond acceptors (Lipinski definition) is 11. The van der Waals surface area contributed by atoms with Crippen LogP contribution in [-0.4, -0.2) is 56.0 Å². The van der Waals surface area contributed by atoms with Crippen LogP contribution in [0, 0.1) is 0 Å². The molecule has 1 aromatic carbocycles. The van der Waals surface area contributed by atoms with Crippen molar-refractivity contribution in [2.75, 3.05) is 23.4 Å². The molecule has 14 heteroatoms. The fraction of sp³-hybridized carbons (Fsp3) is 0.250. The van der Waals surface area contributed by atoms with Crippen LogP contribution in [0.15, 0.2) is 30.5 Å². The molecule has 0 spiro atoms. The van der Waals surface area contributed by atoms with E-state index in [1.54, 1.807) is 18.3 Å². The van der Waals surface area contributed by atoms with Gasteiger partial charge in [0.2, 0.25) is 5.95 Å². The molecule has 6 N–H and O–H groups in total. The molecular weight excluding hydrogens is 455 g/mol. The zero-order chi connectivity index (χ0) is 24.1. The molecular formula is C20H21N8NaO5. The Morgan fingerprint density at radius 3 is 2.44 bits per heavy atom. The summed E-state index contributed by atoms with van der Waals surface area (Å²) in [7, 11) is 1.81. The van der Waals surface area contributed by atoms with E-state index in [1.807, 2.05) is 11.9 Å². The molecule has 1 atom stereocenters. The molecule has 0 bridgehead atoms. The molecule has 13 nitrogen and oxygen atoms in total. The minimum atomic E-state index is -1.39. The maximum Gasteiger partial charge on any atom is 1.00 e. The normalized spacial score (nSPS) is 11.3. The molecule has 3 aromatic rings. The number of rotatable bonds is 9. The average molecular weight is 476 g/mol. The minimum absolute atomic E-state index is 0. The van der Waals surface area contributed by atoms with Crippen LogP contribution in [0.3, 0.4) is 0 Å². The second-order valence-electron chi connectivity index (χ2n) is 7.18. The van der Waals surface area contributed by atoms with Gasteiger partial charge in [-0.25, -0.2) is 14.8 Å². The zero-order valence-electron chi connectivity index (χ0n) is 18.6. The Bertz CT molecular complexity index is 1210. The van der Waals surface area contributed by atoms with Gasteiger partial charge in [-0.3, -0.25) is 4.79 Å². The molecule has 3 rings (SSSR count). The zero-order valence-corrected chi connectivity index (χ0v) is 20.6. The molecule has 34 heavy (non-hydrogen) atoms. The Morgan fingerprint density at radius 1 is 1.15 bits per heavy atom. The minimum Gasteiger partial charge on any atom is -0.550 e. The number of fused-ring (bicyclic) bond motifs is 1. The molecule has 0 fully saturated rings. The van der Waals surface area contributed by atoms with E-state index in [0.29, 0.717) is 23.4 Å². The molecule has 0 saturated heterocycles. The third-order valence-electron chi connectivity index (χ3n) is 4.71. The van der Waals surface area contributed by atoms with Crippen molar-refractivity contribution in [3.05, 3.63) is 41.7 Å². The van der Waals surface area contributed by atoms with Crippen LogP contribution in [0.5, 0.6) is 0 Å². The molecule has 0 saturated carbocycles. The van der Waals surface area contributed by atoms with Crippen molar-refractivity contribution < 1.29 is 54.2 Å². The first-order valence-electron chi connectivity index (χ1n) is 9.73. The van der Waals surface area contributed by atoms with Crippen LogP contribution in [0.4, 0.5) is 17.5 Å². The summed E-state index contributed by atoms with van der Waals surface area (Å²) in [6, 6.07) is 5.08. The maximum absolute atomic E-state index is 12.4. The number of anilines is 3. The van der Waals surface area contributed by atoms with Gasteiger partial charge in [0.25, 0.3) is 5.91 Å². The number of carboxylic acid groups (broad SMARTS) is 2. The Balaban J connectivity index is 0.00000408. The number of aliphatic carboxylic acids is 2. The average Bonchev–Trinajstić information content (AvgIpc) is 2.76. The summed E-state index contributed by atoms with van der Waals surface area (Å²) in [6.07, 6.45) is 0.786. The van der Waals surface area contributed by atoms with E-state index in [0.717, 1.165) is 5.69 Å². The van der Waals surface area contributed by atoms with Gasteiger partial charge >= 0.3 is 35.5 Å². The fourth-order valence-corrected chi connectivity index (χ4v) is 3.02. The third kappa shape index (κ3) is 6.73. The van der Waals surface area contributed by atoms with Crippen molar-refractivity contribution in [2.45, 2.75) is 25.4 Å². The molecule has 2 heterocycles. The van der Waals surface area contributed by atoms with Crippen molar-refractivity contribution in [3.63, 3.8) is 0 Å². The first-order valence-corrected chi connectivity index (χ1v) is 9.73. The van der Waals surface area contributed by atoms with Crippen LogP contribution < -0.4 is 56.3 Å². The summed E-state index contributed by atoms with van der Waals surface area (Å²) in [6.45, 7) is 0.364. The SMILES string of the molecule is CN(Cc1cnc2nc(N)nc(N)c2n1)c1ccc(C(=O)NC(CCC(=O)[O-])C(=O)O)cc1.[Na+]. The van der Waals surface area contributed by atoms with Crippen LogP contribution in [-0.2, 0) is 16.1 Å². The first kappa shape index (κ1) is 26.7. The maximum atomic E-state index is 12.4. The number of nitrogens with one attached hydrogen (secondary N) is 1. The number of carbonyl (C=O) groups excluding carboxylic acids is 2. The van der Waals surface area contributed by atoms with Gasteiger partial charge in [0.1, 0.15) is 6.04 Å². The predicted octanol–water partition coefficient (Wildman–Crippen LogP) is -4.06. The second kappa shape index (κ2) is 11.5. The van der Waals surface area contributed by atoms with E-state index >= 15 is 0 Å². The van der Waals surface area contributed by atoms with Crippen molar-refractivity contribution in [3.8, 4) is 0 Å². The Kier molecular flexibility index (Phi) is 9.06. The molecule has 0 aliphatic rings. The molecule has 1 unspecified atom stereocenters.